The summed E-state index contributed by atoms with van der Waals surface area (Å²) >= 11 is 0. The smallest absolute Gasteiger partial charge is 0.272 e. The van der Waals surface area contributed by atoms with E-state index in [1.165, 1.54) is 24.6 Å². The zero-order valence-electron chi connectivity index (χ0n) is 48.2. The molecule has 1 aliphatic carbocycles. The third-order valence-electron chi connectivity index (χ3n) is 16.9. The molecule has 5 fully saturated rings. The Morgan fingerprint density at radius 1 is 0.723 bits per heavy atom. The number of nitrogens with one attached hydrogen (secondary N) is 3. The largest absolute Gasteiger partial charge is 0.375 e. The lowest BCUT2D eigenvalue weighted by atomic mass is 9.83. The van der Waals surface area contributed by atoms with Gasteiger partial charge in [-0.15, -0.1) is 0 Å². The Hall–Kier alpha value is -7.03. The highest BCUT2D eigenvalue weighted by Crippen LogP contribution is 2.31. The molecule has 5 heterocycles. The van der Waals surface area contributed by atoms with E-state index in [9.17, 15) is 41.9 Å². The van der Waals surface area contributed by atoms with Crippen molar-refractivity contribution in [3.8, 4) is 0 Å². The van der Waals surface area contributed by atoms with Crippen LogP contribution in [-0.2, 0) is 36.9 Å². The predicted molar refractivity (Wildman–Crippen MR) is 308 cm³/mol. The van der Waals surface area contributed by atoms with Crippen LogP contribution in [0.15, 0.2) is 83.7 Å². The minimum atomic E-state index is -0.640. The second-order valence-corrected chi connectivity index (χ2v) is 22.2. The van der Waals surface area contributed by atoms with Gasteiger partial charge < -0.3 is 35.0 Å². The van der Waals surface area contributed by atoms with Crippen molar-refractivity contribution in [1.29, 1.82) is 0 Å². The summed E-state index contributed by atoms with van der Waals surface area (Å²) in [6.07, 6.45) is 9.74. The first kappa shape index (κ1) is 62.0. The number of carbonyl (C=O) groups excluding carboxylic acids is 5. The van der Waals surface area contributed by atoms with Gasteiger partial charge in [-0.3, -0.25) is 33.7 Å². The lowest BCUT2D eigenvalue weighted by Crippen LogP contribution is -2.56. The van der Waals surface area contributed by atoms with Crippen LogP contribution in [0.3, 0.4) is 0 Å². The number of amides is 5. The Morgan fingerprint density at radius 3 is 2.05 bits per heavy atom. The van der Waals surface area contributed by atoms with Crippen LogP contribution in [0.5, 0.6) is 0 Å². The van der Waals surface area contributed by atoms with Crippen molar-refractivity contribution in [2.45, 2.75) is 129 Å². The molecule has 5 aliphatic rings. The topological polar surface area (TPSA) is 181 Å². The molecule has 10 rings (SSSR count). The summed E-state index contributed by atoms with van der Waals surface area (Å²) < 4.78 is 62.0. The number of likely N-dealkylation sites (tertiary alicyclic amines) is 3. The number of rotatable bonds is 16. The SMILES string of the molecule is CC.CC(C(=O)N1CCN(C(=O)c2cc(Cc3n[nH]c(=O)c4ccccc34)ccc2F)CC1)N1CCC(OC2CCN(C(=O)C(NC=O)C3CCCCC3)CC2)CC1.Cc1cccc(C2CN(C(=O)CNCc3ccc(F)cc3F)C2)c1F. The number of aromatic amines is 1. The molecule has 1 saturated carbocycles. The normalized spacial score (nSPS) is 18.3. The Morgan fingerprint density at radius 2 is 1.37 bits per heavy atom. The van der Waals surface area contributed by atoms with Gasteiger partial charge in [0.15, 0.2) is 0 Å². The summed E-state index contributed by atoms with van der Waals surface area (Å²) in [5, 5.41) is 13.7. The summed E-state index contributed by atoms with van der Waals surface area (Å²) in [6.45, 7) is 12.9. The monoisotopic (exact) mass is 1150 g/mol. The molecular formula is C63H79F4N9O7. The maximum absolute atomic E-state index is 15.0. The second-order valence-electron chi connectivity index (χ2n) is 22.2. The van der Waals surface area contributed by atoms with Gasteiger partial charge in [-0.2, -0.15) is 5.10 Å². The van der Waals surface area contributed by atoms with E-state index in [-0.39, 0.29) is 77.8 Å². The molecule has 5 amide bonds. The molecule has 5 aromatic rings. The van der Waals surface area contributed by atoms with Gasteiger partial charge in [0.1, 0.15) is 29.3 Å². The standard InChI is InChI=1S/C42H54FN7O6.C19H19F3N2O.C2H6/c1-28(47-17-13-31(14-18-47)56-32-15-19-48(20-16-32)42(55)38(44-27-51)30-7-3-2-4-8-30)40(53)49-21-23-50(24-22-49)41(54)35-25-29(11-12-36(35)43)26-37-33-9-5-6-10-34(33)39(52)46-45-37;1-12-3-2-4-16(19(12)22)14-10-24(11-14)18(25)9-23-8-13-5-6-15(20)7-17(13)21;1-2/h5-6,9-12,25,27-28,30-32,38H,2-4,7-8,13-24,26H2,1H3,(H,44,51)(H,46,52);2-7,14,23H,8-11H2,1H3;1-2H3. The molecule has 16 nitrogen and oxygen atoms in total. The first-order valence-corrected chi connectivity index (χ1v) is 29.5. The van der Waals surface area contributed by atoms with E-state index in [0.29, 0.717) is 104 Å². The molecule has 0 spiro atoms. The molecule has 20 heteroatoms. The van der Waals surface area contributed by atoms with Gasteiger partial charge in [0.25, 0.3) is 11.5 Å². The van der Waals surface area contributed by atoms with E-state index >= 15 is 4.39 Å². The number of ether oxygens (including phenoxy) is 1. The summed E-state index contributed by atoms with van der Waals surface area (Å²) in [5.74, 6) is -2.33. The fourth-order valence-corrected chi connectivity index (χ4v) is 12.0. The highest BCUT2D eigenvalue weighted by molar-refractivity contribution is 5.95. The molecule has 1 aromatic heterocycles. The number of aryl methyl sites for hydroxylation is 1. The van der Waals surface area contributed by atoms with Gasteiger partial charge in [-0.05, 0) is 99.2 Å². The van der Waals surface area contributed by atoms with E-state index in [1.54, 1.807) is 58.0 Å². The molecule has 2 unspecified atom stereocenters. The molecule has 3 N–H and O–H groups in total. The minimum absolute atomic E-state index is 0.0124. The fraction of sp³-hybridized carbons (Fsp3) is 0.508. The molecule has 4 aliphatic heterocycles. The van der Waals surface area contributed by atoms with Crippen LogP contribution >= 0.6 is 0 Å². The van der Waals surface area contributed by atoms with Crippen molar-refractivity contribution in [2.24, 2.45) is 5.92 Å². The highest BCUT2D eigenvalue weighted by Gasteiger charge is 2.37. The Bertz CT molecular complexity index is 3090. The number of halogens is 4. The van der Waals surface area contributed by atoms with Crippen LogP contribution in [0, 0.1) is 36.1 Å². The lowest BCUT2D eigenvalue weighted by Gasteiger charge is -2.41. The lowest BCUT2D eigenvalue weighted by molar-refractivity contribution is -0.142. The number of carbonyl (C=O) groups is 5. The Balaban J connectivity index is 0.000000277. The van der Waals surface area contributed by atoms with Gasteiger partial charge in [-0.25, -0.2) is 22.7 Å². The third kappa shape index (κ3) is 15.6. The van der Waals surface area contributed by atoms with E-state index in [2.05, 4.69) is 25.7 Å². The van der Waals surface area contributed by atoms with Crippen LogP contribution in [-0.4, -0.2) is 161 Å². The average Bonchev–Trinajstić information content (AvgIpc) is 3.70. The number of aromatic nitrogens is 2. The van der Waals surface area contributed by atoms with E-state index in [4.69, 9.17) is 4.74 Å². The molecule has 0 bridgehead atoms. The molecular weight excluding hydrogens is 1070 g/mol. The van der Waals surface area contributed by atoms with Crippen molar-refractivity contribution in [1.82, 2.24) is 45.3 Å². The van der Waals surface area contributed by atoms with Crippen molar-refractivity contribution in [3.05, 3.63) is 146 Å². The minimum Gasteiger partial charge on any atom is -0.375 e. The second kappa shape index (κ2) is 29.5. The van der Waals surface area contributed by atoms with Crippen molar-refractivity contribution in [2.75, 3.05) is 72.0 Å². The number of H-pyrrole nitrogens is 1. The van der Waals surface area contributed by atoms with Crippen LogP contribution in [0.4, 0.5) is 17.6 Å². The Labute approximate surface area is 483 Å². The fourth-order valence-electron chi connectivity index (χ4n) is 12.0. The molecule has 83 heavy (non-hydrogen) atoms. The van der Waals surface area contributed by atoms with Gasteiger partial charge in [0.05, 0.1) is 41.4 Å². The zero-order chi connectivity index (χ0) is 59.2. The van der Waals surface area contributed by atoms with E-state index < -0.39 is 29.4 Å². The van der Waals surface area contributed by atoms with Crippen LogP contribution in [0.1, 0.15) is 123 Å². The summed E-state index contributed by atoms with van der Waals surface area (Å²) in [7, 11) is 0. The summed E-state index contributed by atoms with van der Waals surface area (Å²) in [6, 6.07) is 19.5. The summed E-state index contributed by atoms with van der Waals surface area (Å²) in [5.41, 5.74) is 2.56. The Kier molecular flexibility index (Phi) is 22.0. The van der Waals surface area contributed by atoms with Crippen molar-refractivity contribution >= 4 is 40.8 Å². The summed E-state index contributed by atoms with van der Waals surface area (Å²) in [4.78, 5) is 85.3. The highest BCUT2D eigenvalue weighted by atomic mass is 19.1. The number of piperazine rings is 1. The number of piperidine rings is 2. The molecule has 446 valence electrons. The van der Waals surface area contributed by atoms with Gasteiger partial charge in [0, 0.05) is 101 Å². The number of benzene rings is 4. The van der Waals surface area contributed by atoms with E-state index in [1.807, 2.05) is 43.9 Å². The number of hydrogen-bond acceptors (Lipinski definition) is 10. The number of nitrogens with zero attached hydrogens (tertiary/aromatic N) is 6. The van der Waals surface area contributed by atoms with Crippen LogP contribution in [0.25, 0.3) is 10.8 Å². The van der Waals surface area contributed by atoms with Crippen molar-refractivity contribution < 1.29 is 46.3 Å². The third-order valence-corrected chi connectivity index (χ3v) is 16.9. The molecule has 2 atom stereocenters. The molecule has 0 radical (unpaired) electrons. The maximum Gasteiger partial charge on any atom is 0.272 e. The average molecular weight is 1150 g/mol. The van der Waals surface area contributed by atoms with Crippen LogP contribution in [0.2, 0.25) is 0 Å². The quantitative estimate of drug-likeness (QED) is 0.0657. The van der Waals surface area contributed by atoms with Gasteiger partial charge in [-0.1, -0.05) is 81.6 Å². The first-order chi connectivity index (χ1) is 40.1. The number of fused-ring (bicyclic) bond motifs is 1. The van der Waals surface area contributed by atoms with Crippen LogP contribution < -0.4 is 16.2 Å². The van der Waals surface area contributed by atoms with Gasteiger partial charge in [0.2, 0.25) is 24.1 Å². The number of hydrogen-bond donors (Lipinski definition) is 3. The molecule has 4 saturated heterocycles. The zero-order valence-corrected chi connectivity index (χ0v) is 48.2. The predicted octanol–water partition coefficient (Wildman–Crippen LogP) is 7.65. The van der Waals surface area contributed by atoms with Gasteiger partial charge >= 0.3 is 0 Å². The first-order valence-electron chi connectivity index (χ1n) is 29.5. The molecule has 4 aromatic carbocycles. The van der Waals surface area contributed by atoms with E-state index in [0.717, 1.165) is 70.5 Å². The van der Waals surface area contributed by atoms with Crippen molar-refractivity contribution in [3.63, 3.8) is 0 Å². The maximum atomic E-state index is 15.0.